The van der Waals surface area contributed by atoms with Crippen LogP contribution in [0.3, 0.4) is 0 Å². The van der Waals surface area contributed by atoms with Crippen LogP contribution < -0.4 is 0 Å². The molecule has 0 aromatic heterocycles. The molecule has 0 aliphatic rings. The number of carbonyl (C=O) groups is 1. The van der Waals surface area contributed by atoms with Crippen molar-refractivity contribution in [2.45, 2.75) is 12.3 Å². The van der Waals surface area contributed by atoms with E-state index < -0.39 is 11.4 Å². The average Bonchev–Trinajstić information content (AvgIpc) is 2.47. The molecule has 2 aromatic carbocycles. The van der Waals surface area contributed by atoms with Crippen LogP contribution in [0.2, 0.25) is 0 Å². The van der Waals surface area contributed by atoms with Crippen LogP contribution >= 0.6 is 0 Å². The average molecular weight is 251 g/mol. The molecule has 0 bridgehead atoms. The monoisotopic (exact) mass is 251 g/mol. The molecular weight excluding hydrogens is 238 g/mol. The number of carboxylic acid groups (broad SMARTS) is 1. The lowest BCUT2D eigenvalue weighted by Gasteiger charge is -2.16. The number of nitrogens with zero attached hydrogens (tertiary/aromatic N) is 1. The van der Waals surface area contributed by atoms with Crippen LogP contribution in [-0.2, 0) is 10.2 Å². The Kier molecular flexibility index (Phi) is 3.35. The summed E-state index contributed by atoms with van der Waals surface area (Å²) in [6.07, 6.45) is 0. The molecule has 94 valence electrons. The van der Waals surface area contributed by atoms with Crippen LogP contribution in [-0.4, -0.2) is 11.1 Å². The van der Waals surface area contributed by atoms with Gasteiger partial charge in [-0.25, -0.2) is 0 Å². The van der Waals surface area contributed by atoms with E-state index in [4.69, 9.17) is 10.4 Å². The third kappa shape index (κ3) is 2.34. The van der Waals surface area contributed by atoms with Crippen molar-refractivity contribution in [2.24, 2.45) is 0 Å². The molecule has 1 unspecified atom stereocenters. The maximum atomic E-state index is 11.2. The Morgan fingerprint density at radius 2 is 1.58 bits per heavy atom. The Bertz CT molecular complexity index is 626. The van der Waals surface area contributed by atoms with Gasteiger partial charge < -0.3 is 5.11 Å². The van der Waals surface area contributed by atoms with Crippen molar-refractivity contribution in [2.75, 3.05) is 0 Å². The van der Waals surface area contributed by atoms with Gasteiger partial charge in [0.2, 0.25) is 0 Å². The summed E-state index contributed by atoms with van der Waals surface area (Å²) in [6, 6.07) is 18.7. The van der Waals surface area contributed by atoms with E-state index in [1.807, 2.05) is 48.5 Å². The molecule has 3 nitrogen and oxygen atoms in total. The molecule has 0 aliphatic carbocycles. The summed E-state index contributed by atoms with van der Waals surface area (Å²) >= 11 is 0. The zero-order valence-corrected chi connectivity index (χ0v) is 10.5. The minimum atomic E-state index is -1.50. The highest BCUT2D eigenvalue weighted by atomic mass is 16.4. The third-order valence-corrected chi connectivity index (χ3v) is 3.22. The Morgan fingerprint density at radius 1 is 1.05 bits per heavy atom. The highest BCUT2D eigenvalue weighted by Crippen LogP contribution is 2.26. The third-order valence-electron chi connectivity index (χ3n) is 3.22. The molecule has 3 heteroatoms. The zero-order chi connectivity index (χ0) is 13.9. The first-order valence-electron chi connectivity index (χ1n) is 5.88. The Balaban J connectivity index is 2.40. The van der Waals surface area contributed by atoms with Gasteiger partial charge in [-0.1, -0.05) is 54.6 Å². The van der Waals surface area contributed by atoms with E-state index in [0.717, 1.165) is 11.1 Å². The van der Waals surface area contributed by atoms with E-state index in [0.29, 0.717) is 5.56 Å². The highest BCUT2D eigenvalue weighted by molar-refractivity contribution is 5.84. The molecule has 0 fully saturated rings. The summed E-state index contributed by atoms with van der Waals surface area (Å²) in [5.41, 5.74) is 1.04. The lowest BCUT2D eigenvalue weighted by molar-refractivity contribution is -0.141. The van der Waals surface area contributed by atoms with Crippen LogP contribution in [0.1, 0.15) is 12.5 Å². The van der Waals surface area contributed by atoms with Crippen molar-refractivity contribution in [3.63, 3.8) is 0 Å². The molecular formula is C16H13NO2. The molecule has 0 saturated carbocycles. The molecule has 2 rings (SSSR count). The topological polar surface area (TPSA) is 61.1 Å². The van der Waals surface area contributed by atoms with Gasteiger partial charge in [-0.3, -0.25) is 4.79 Å². The predicted octanol–water partition coefficient (Wildman–Crippen LogP) is 3.22. The largest absolute Gasteiger partial charge is 0.480 e. The summed E-state index contributed by atoms with van der Waals surface area (Å²) in [7, 11) is 0. The van der Waals surface area contributed by atoms with Crippen LogP contribution in [0.25, 0.3) is 11.1 Å². The second-order valence-electron chi connectivity index (χ2n) is 4.49. The summed E-state index contributed by atoms with van der Waals surface area (Å²) < 4.78 is 0. The van der Waals surface area contributed by atoms with Gasteiger partial charge in [-0.15, -0.1) is 0 Å². The molecule has 0 heterocycles. The predicted molar refractivity (Wildman–Crippen MR) is 72.5 cm³/mol. The molecule has 0 saturated heterocycles. The molecule has 0 spiro atoms. The maximum Gasteiger partial charge on any atom is 0.328 e. The van der Waals surface area contributed by atoms with E-state index >= 15 is 0 Å². The van der Waals surface area contributed by atoms with Crippen LogP contribution in [0.5, 0.6) is 0 Å². The molecule has 19 heavy (non-hydrogen) atoms. The summed E-state index contributed by atoms with van der Waals surface area (Å²) in [5.74, 6) is -1.14. The molecule has 1 atom stereocenters. The first kappa shape index (κ1) is 12.8. The van der Waals surface area contributed by atoms with Crippen molar-refractivity contribution < 1.29 is 9.90 Å². The summed E-state index contributed by atoms with van der Waals surface area (Å²) in [5, 5.41) is 18.2. The van der Waals surface area contributed by atoms with Gasteiger partial charge in [-0.05, 0) is 23.6 Å². The zero-order valence-electron chi connectivity index (χ0n) is 10.5. The van der Waals surface area contributed by atoms with Gasteiger partial charge in [0.25, 0.3) is 0 Å². The van der Waals surface area contributed by atoms with Crippen molar-refractivity contribution in [3.8, 4) is 17.2 Å². The number of nitriles is 1. The normalized spacial score (nSPS) is 13.3. The van der Waals surface area contributed by atoms with E-state index in [2.05, 4.69) is 0 Å². The first-order valence-corrected chi connectivity index (χ1v) is 5.88. The SMILES string of the molecule is CC(C#N)(C(=O)O)c1ccc(-c2ccccc2)cc1. The van der Waals surface area contributed by atoms with Crippen molar-refractivity contribution in [3.05, 3.63) is 60.2 Å². The van der Waals surface area contributed by atoms with Gasteiger partial charge in [0.15, 0.2) is 5.41 Å². The Hall–Kier alpha value is -2.60. The molecule has 0 aliphatic heterocycles. The molecule has 0 amide bonds. The van der Waals surface area contributed by atoms with E-state index in [1.165, 1.54) is 6.92 Å². The number of hydrogen-bond acceptors (Lipinski definition) is 2. The van der Waals surface area contributed by atoms with Crippen LogP contribution in [0.15, 0.2) is 54.6 Å². The number of aliphatic carboxylic acids is 1. The number of rotatable bonds is 3. The van der Waals surface area contributed by atoms with Crippen LogP contribution in [0, 0.1) is 11.3 Å². The Morgan fingerprint density at radius 3 is 2.05 bits per heavy atom. The number of hydrogen-bond donors (Lipinski definition) is 1. The van der Waals surface area contributed by atoms with Gasteiger partial charge in [-0.2, -0.15) is 5.26 Å². The fourth-order valence-corrected chi connectivity index (χ4v) is 1.86. The van der Waals surface area contributed by atoms with Gasteiger partial charge >= 0.3 is 5.97 Å². The van der Waals surface area contributed by atoms with E-state index in [9.17, 15) is 4.79 Å². The highest BCUT2D eigenvalue weighted by Gasteiger charge is 2.35. The van der Waals surface area contributed by atoms with Crippen molar-refractivity contribution >= 4 is 5.97 Å². The lowest BCUT2D eigenvalue weighted by Crippen LogP contribution is -2.30. The quantitative estimate of drug-likeness (QED) is 0.911. The van der Waals surface area contributed by atoms with E-state index in [1.54, 1.807) is 12.1 Å². The first-order chi connectivity index (χ1) is 9.08. The minimum Gasteiger partial charge on any atom is -0.480 e. The van der Waals surface area contributed by atoms with Crippen molar-refractivity contribution in [1.82, 2.24) is 0 Å². The number of carboxylic acids is 1. The fourth-order valence-electron chi connectivity index (χ4n) is 1.86. The fraction of sp³-hybridized carbons (Fsp3) is 0.125. The second kappa shape index (κ2) is 4.95. The van der Waals surface area contributed by atoms with Gasteiger partial charge in [0.05, 0.1) is 6.07 Å². The number of benzene rings is 2. The molecule has 1 N–H and O–H groups in total. The van der Waals surface area contributed by atoms with E-state index in [-0.39, 0.29) is 0 Å². The van der Waals surface area contributed by atoms with Crippen molar-refractivity contribution in [1.29, 1.82) is 5.26 Å². The maximum absolute atomic E-state index is 11.2. The van der Waals surface area contributed by atoms with Crippen LogP contribution in [0.4, 0.5) is 0 Å². The summed E-state index contributed by atoms with van der Waals surface area (Å²) in [6.45, 7) is 1.41. The van der Waals surface area contributed by atoms with Gasteiger partial charge in [0, 0.05) is 0 Å². The standard InChI is InChI=1S/C16H13NO2/c1-16(11-17,15(18)19)14-9-7-13(8-10-14)12-5-3-2-4-6-12/h2-10H,1H3,(H,18,19). The lowest BCUT2D eigenvalue weighted by atomic mass is 9.83. The summed E-state index contributed by atoms with van der Waals surface area (Å²) in [4.78, 5) is 11.2. The smallest absolute Gasteiger partial charge is 0.328 e. The molecule has 2 aromatic rings. The minimum absolute atomic E-state index is 0.488. The molecule has 0 radical (unpaired) electrons. The Labute approximate surface area is 111 Å². The van der Waals surface area contributed by atoms with Gasteiger partial charge in [0.1, 0.15) is 0 Å². The second-order valence-corrected chi connectivity index (χ2v) is 4.49.